The van der Waals surface area contributed by atoms with Crippen LogP contribution < -0.4 is 0 Å². The van der Waals surface area contributed by atoms with Gasteiger partial charge in [0.15, 0.2) is 0 Å². The van der Waals surface area contributed by atoms with Gasteiger partial charge in [0.2, 0.25) is 0 Å². The number of cyclic esters (lactones) is 1. The minimum Gasteiger partial charge on any atom is -0.419 e. The summed E-state index contributed by atoms with van der Waals surface area (Å²) < 4.78 is 177. The average Bonchev–Trinajstić information content (AvgIpc) is 2.87. The molecule has 170 valence electrons. The van der Waals surface area contributed by atoms with Gasteiger partial charge in [-0.05, 0) is 6.07 Å². The first-order valence-electron chi connectivity index (χ1n) is 6.81. The van der Waals surface area contributed by atoms with Gasteiger partial charge in [0.25, 0.3) is 19.7 Å². The number of ether oxygens (including phenoxy) is 1. The second-order valence-corrected chi connectivity index (χ2v) is 9.97. The summed E-state index contributed by atoms with van der Waals surface area (Å²) in [4.78, 5) is 11.7. The minimum absolute atomic E-state index is 0.0335. The maximum atomic E-state index is 13.7. The second kappa shape index (κ2) is 6.21. The molecule has 0 radical (unpaired) electrons. The number of hydrogen-bond donors (Lipinski definition) is 0. The molecule has 0 N–H and O–H groups in total. The van der Waals surface area contributed by atoms with E-state index >= 15 is 0 Å². The van der Waals surface area contributed by atoms with Gasteiger partial charge in [-0.25, -0.2) is 21.6 Å². The predicted molar refractivity (Wildman–Crippen MR) is 73.4 cm³/mol. The lowest BCUT2D eigenvalue weighted by Crippen LogP contribution is -2.62. The summed E-state index contributed by atoms with van der Waals surface area (Å²) in [5, 5.41) is -14.5. The second-order valence-electron chi connectivity index (χ2n) is 5.53. The smallest absolute Gasteiger partial charge is 0.419 e. The molecule has 0 saturated carbocycles. The van der Waals surface area contributed by atoms with E-state index < -0.39 is 63.9 Å². The molecule has 18 heteroatoms. The zero-order valence-corrected chi connectivity index (χ0v) is 15.0. The van der Waals surface area contributed by atoms with E-state index in [-0.39, 0.29) is 6.07 Å². The van der Waals surface area contributed by atoms with E-state index in [1.54, 1.807) is 0 Å². The van der Waals surface area contributed by atoms with E-state index in [1.165, 1.54) is 0 Å². The third-order valence-electron chi connectivity index (χ3n) is 3.75. The molecule has 0 saturated heterocycles. The molecule has 1 heterocycles. The first kappa shape index (κ1) is 24.2. The van der Waals surface area contributed by atoms with Gasteiger partial charge in [-0.3, -0.25) is 0 Å². The van der Waals surface area contributed by atoms with Gasteiger partial charge in [0.05, 0.1) is 5.56 Å². The fourth-order valence-corrected chi connectivity index (χ4v) is 6.72. The highest BCUT2D eigenvalue weighted by atomic mass is 32.3. The van der Waals surface area contributed by atoms with Gasteiger partial charge >= 0.3 is 33.1 Å². The predicted octanol–water partition coefficient (Wildman–Crippen LogP) is 3.11. The van der Waals surface area contributed by atoms with Crippen LogP contribution >= 0.6 is 0 Å². The highest BCUT2D eigenvalue weighted by Gasteiger charge is 2.86. The van der Waals surface area contributed by atoms with Crippen molar-refractivity contribution in [2.24, 2.45) is 0 Å². The van der Waals surface area contributed by atoms with Crippen LogP contribution in [0.1, 0.15) is 15.9 Å². The van der Waals surface area contributed by atoms with Crippen LogP contribution in [0.25, 0.3) is 0 Å². The van der Waals surface area contributed by atoms with Crippen LogP contribution in [0.4, 0.5) is 43.9 Å². The normalized spacial score (nSPS) is 18.1. The van der Waals surface area contributed by atoms with Gasteiger partial charge in [-0.15, -0.1) is 0 Å². The Morgan fingerprint density at radius 1 is 0.700 bits per heavy atom. The van der Waals surface area contributed by atoms with Crippen molar-refractivity contribution in [2.75, 3.05) is 0 Å². The Labute approximate surface area is 159 Å². The summed E-state index contributed by atoms with van der Waals surface area (Å²) >= 11 is 0. The number of sulfone groups is 2. The van der Waals surface area contributed by atoms with E-state index in [9.17, 15) is 65.5 Å². The molecule has 0 spiro atoms. The van der Waals surface area contributed by atoms with Crippen LogP contribution in [0, 0.1) is 0 Å². The summed E-state index contributed by atoms with van der Waals surface area (Å²) in [6.45, 7) is 0. The van der Waals surface area contributed by atoms with Crippen LogP contribution in [-0.2, 0) is 28.7 Å². The topological polar surface area (TPSA) is 94.6 Å². The molecule has 1 aliphatic rings. The minimum atomic E-state index is -8.07. The van der Waals surface area contributed by atoms with E-state index in [0.29, 0.717) is 12.1 Å². The lowest BCUT2D eigenvalue weighted by atomic mass is 10.1. The van der Waals surface area contributed by atoms with Crippen LogP contribution in [0.2, 0.25) is 0 Å². The van der Waals surface area contributed by atoms with Gasteiger partial charge in [-0.2, -0.15) is 43.9 Å². The molecular weight excluding hydrogens is 494 g/mol. The van der Waals surface area contributed by atoms with E-state index in [2.05, 4.69) is 4.74 Å². The van der Waals surface area contributed by atoms with Crippen molar-refractivity contribution in [3.05, 3.63) is 35.4 Å². The first-order valence-corrected chi connectivity index (χ1v) is 9.78. The lowest BCUT2D eigenvalue weighted by molar-refractivity contribution is -0.244. The van der Waals surface area contributed by atoms with Crippen molar-refractivity contribution in [3.63, 3.8) is 0 Å². The number of carbonyl (C=O) groups excluding carboxylic acids is 1. The van der Waals surface area contributed by atoms with Gasteiger partial charge in [0, 0.05) is 5.56 Å². The molecule has 1 aromatic carbocycles. The summed E-state index contributed by atoms with van der Waals surface area (Å²) in [5.41, 5.74) is -3.54. The molecule has 0 atom stereocenters. The molecule has 1 aromatic rings. The quantitative estimate of drug-likeness (QED) is 0.468. The highest BCUT2D eigenvalue weighted by molar-refractivity contribution is 8.10. The largest absolute Gasteiger partial charge is 0.469 e. The van der Waals surface area contributed by atoms with Crippen LogP contribution in [-0.4, -0.2) is 45.7 Å². The Morgan fingerprint density at radius 2 is 1.07 bits per heavy atom. The van der Waals surface area contributed by atoms with Crippen molar-refractivity contribution in [3.8, 4) is 0 Å². The lowest BCUT2D eigenvalue weighted by Gasteiger charge is -2.34. The zero-order valence-electron chi connectivity index (χ0n) is 13.4. The molecule has 30 heavy (non-hydrogen) atoms. The molecule has 1 aliphatic heterocycles. The zero-order chi connectivity index (χ0) is 23.8. The van der Waals surface area contributed by atoms with Crippen molar-refractivity contribution in [1.82, 2.24) is 0 Å². The maximum absolute atomic E-state index is 13.7. The summed E-state index contributed by atoms with van der Waals surface area (Å²) in [7, 11) is -16.1. The molecule has 0 aliphatic carbocycles. The first-order chi connectivity index (χ1) is 13.1. The van der Waals surface area contributed by atoms with Gasteiger partial charge in [0.1, 0.15) is 0 Å². The number of carbonyl (C=O) groups is 1. The fraction of sp³-hybridized carbons (Fsp3) is 0.417. The average molecular weight is 498 g/mol. The molecule has 0 unspecified atom stereocenters. The van der Waals surface area contributed by atoms with Gasteiger partial charge in [-0.1, -0.05) is 18.2 Å². The molecule has 0 bridgehead atoms. The molecule has 6 nitrogen and oxygen atoms in total. The molecule has 0 fully saturated rings. The van der Waals surface area contributed by atoms with Crippen LogP contribution in [0.3, 0.4) is 0 Å². The van der Waals surface area contributed by atoms with Crippen molar-refractivity contribution in [2.45, 2.75) is 27.1 Å². The van der Waals surface area contributed by atoms with Crippen LogP contribution in [0.5, 0.6) is 0 Å². The Bertz CT molecular complexity index is 1050. The number of hydrogen-bond acceptors (Lipinski definition) is 6. The van der Waals surface area contributed by atoms with Gasteiger partial charge < -0.3 is 4.74 Å². The van der Waals surface area contributed by atoms with Crippen molar-refractivity contribution < 1.29 is 70.3 Å². The highest BCUT2D eigenvalue weighted by Crippen LogP contribution is 2.58. The third kappa shape index (κ3) is 2.64. The molecular formula is C12H4F10O6S2. The van der Waals surface area contributed by atoms with Crippen molar-refractivity contribution >= 4 is 25.6 Å². The fourth-order valence-electron chi connectivity index (χ4n) is 2.35. The summed E-state index contributed by atoms with van der Waals surface area (Å²) in [5.74, 6) is -2.35. The monoisotopic (exact) mass is 498 g/mol. The standard InChI is InChI=1S/C12H4F10O6S2/c13-9(14,15)11(19,20)29(24,25)8(30(26,27)12(21,22)10(16,17)18)6-4-2-1-3-5(6)7(23)28-8/h1-4H. The summed E-state index contributed by atoms with van der Waals surface area (Å²) in [6, 6.07) is 1.52. The number of rotatable bonds is 4. The maximum Gasteiger partial charge on any atom is 0.469 e. The Kier molecular flexibility index (Phi) is 5.00. The van der Waals surface area contributed by atoms with Crippen molar-refractivity contribution in [1.29, 1.82) is 0 Å². The van der Waals surface area contributed by atoms with Crippen LogP contribution in [0.15, 0.2) is 24.3 Å². The molecule has 2 rings (SSSR count). The van der Waals surface area contributed by atoms with E-state index in [1.807, 2.05) is 0 Å². The Hall–Kier alpha value is -2.11. The number of fused-ring (bicyclic) bond motifs is 1. The number of benzene rings is 1. The van der Waals surface area contributed by atoms with E-state index in [0.717, 1.165) is 6.07 Å². The van der Waals surface area contributed by atoms with E-state index in [4.69, 9.17) is 0 Å². The Balaban J connectivity index is 3.13. The number of esters is 1. The number of halogens is 10. The SMILES string of the molecule is O=C1OC(S(=O)(=O)C(F)(F)C(F)(F)F)(S(=O)(=O)C(F)(F)C(F)(F)F)c2ccccc21. The number of alkyl halides is 10. The Morgan fingerprint density at radius 3 is 1.43 bits per heavy atom. The third-order valence-corrected chi connectivity index (χ3v) is 8.90. The molecule has 0 amide bonds. The summed E-state index contributed by atoms with van der Waals surface area (Å²) in [6.07, 6.45) is -14.4. The molecule has 0 aromatic heterocycles.